The molecule has 21 heavy (non-hydrogen) atoms. The predicted octanol–water partition coefficient (Wildman–Crippen LogP) is 4.68. The maximum absolute atomic E-state index is 6.50. The summed E-state index contributed by atoms with van der Waals surface area (Å²) in [5.41, 5.74) is 0. The Hall–Kier alpha value is -2.77. The summed E-state index contributed by atoms with van der Waals surface area (Å²) in [6.07, 6.45) is 5.31. The minimum atomic E-state index is 0.707. The SMILES string of the molecule is C#N.Clc1ccc(Oc2ccc[nH]2)cc1.c1ccncc1. The number of halogens is 1. The zero-order chi connectivity index (χ0) is 15.3. The van der Waals surface area contributed by atoms with Gasteiger partial charge in [-0.1, -0.05) is 17.7 Å². The smallest absolute Gasteiger partial charge is 0.197 e. The number of hydrogen-bond donors (Lipinski definition) is 1. The van der Waals surface area contributed by atoms with Crippen LogP contribution in [0.1, 0.15) is 0 Å². The molecule has 0 amide bonds. The number of hydrogen-bond acceptors (Lipinski definition) is 3. The van der Waals surface area contributed by atoms with Crippen molar-refractivity contribution in [2.24, 2.45) is 0 Å². The second-order valence-corrected chi connectivity index (χ2v) is 4.05. The highest BCUT2D eigenvalue weighted by molar-refractivity contribution is 6.30. The Morgan fingerprint density at radius 3 is 2.05 bits per heavy atom. The summed E-state index contributed by atoms with van der Waals surface area (Å²) in [6, 6.07) is 16.7. The molecule has 0 bridgehead atoms. The normalized spacial score (nSPS) is 8.52. The Kier molecular flexibility index (Phi) is 7.81. The van der Waals surface area contributed by atoms with E-state index in [4.69, 9.17) is 21.6 Å². The van der Waals surface area contributed by atoms with E-state index >= 15 is 0 Å². The molecule has 0 aliphatic carbocycles. The second-order valence-electron chi connectivity index (χ2n) is 3.61. The van der Waals surface area contributed by atoms with Crippen LogP contribution in [-0.2, 0) is 0 Å². The highest BCUT2D eigenvalue weighted by Gasteiger charge is 1.95. The quantitative estimate of drug-likeness (QED) is 0.747. The Bertz CT molecular complexity index is 580. The third-order valence-electron chi connectivity index (χ3n) is 2.18. The van der Waals surface area contributed by atoms with Gasteiger partial charge in [-0.15, -0.1) is 0 Å². The van der Waals surface area contributed by atoms with E-state index in [9.17, 15) is 0 Å². The van der Waals surface area contributed by atoms with Crippen LogP contribution in [0, 0.1) is 11.8 Å². The fourth-order valence-electron chi connectivity index (χ4n) is 1.32. The molecule has 0 unspecified atom stereocenters. The van der Waals surface area contributed by atoms with Crippen molar-refractivity contribution in [1.82, 2.24) is 9.97 Å². The molecule has 2 aromatic heterocycles. The first-order chi connectivity index (χ1) is 10.3. The first-order valence-electron chi connectivity index (χ1n) is 6.02. The van der Waals surface area contributed by atoms with Crippen LogP contribution < -0.4 is 4.74 Å². The summed E-state index contributed by atoms with van der Waals surface area (Å²) in [7, 11) is 0. The largest absolute Gasteiger partial charge is 0.441 e. The summed E-state index contributed by atoms with van der Waals surface area (Å²) in [6.45, 7) is 3.50. The number of benzene rings is 1. The van der Waals surface area contributed by atoms with Crippen molar-refractivity contribution in [2.45, 2.75) is 0 Å². The Morgan fingerprint density at radius 2 is 1.62 bits per heavy atom. The molecule has 0 saturated carbocycles. The molecular weight excluding hydrogens is 286 g/mol. The fraction of sp³-hybridized carbons (Fsp3) is 0. The topological polar surface area (TPSA) is 61.7 Å². The van der Waals surface area contributed by atoms with Gasteiger partial charge in [0, 0.05) is 36.3 Å². The fourth-order valence-corrected chi connectivity index (χ4v) is 1.45. The molecule has 0 radical (unpaired) electrons. The van der Waals surface area contributed by atoms with Crippen molar-refractivity contribution in [2.75, 3.05) is 0 Å². The molecule has 0 spiro atoms. The van der Waals surface area contributed by atoms with E-state index in [1.54, 1.807) is 24.5 Å². The summed E-state index contributed by atoms with van der Waals surface area (Å²) in [5, 5.41) is 7.21. The van der Waals surface area contributed by atoms with Gasteiger partial charge in [-0.25, -0.2) is 5.26 Å². The van der Waals surface area contributed by atoms with Crippen LogP contribution in [0.3, 0.4) is 0 Å². The van der Waals surface area contributed by atoms with Crippen LogP contribution >= 0.6 is 11.6 Å². The molecule has 0 atom stereocenters. The minimum absolute atomic E-state index is 0.707. The summed E-state index contributed by atoms with van der Waals surface area (Å²) in [5.74, 6) is 1.49. The van der Waals surface area contributed by atoms with E-state index < -0.39 is 0 Å². The zero-order valence-electron chi connectivity index (χ0n) is 11.2. The standard InChI is InChI=1S/C10H8ClNO.C5H5N.CHN/c11-8-3-5-9(6-4-8)13-10-2-1-7-12-10;1-2-4-6-5-3-1;1-2/h1-7,12H;1-5H;1H. The first-order valence-corrected chi connectivity index (χ1v) is 6.40. The average Bonchev–Trinajstić information content (AvgIpc) is 3.07. The Labute approximate surface area is 128 Å². The second kappa shape index (κ2) is 10.1. The van der Waals surface area contributed by atoms with Crippen molar-refractivity contribution >= 4 is 11.6 Å². The molecule has 1 N–H and O–H groups in total. The number of nitrogens with zero attached hydrogens (tertiary/aromatic N) is 2. The number of aromatic nitrogens is 2. The average molecular weight is 300 g/mol. The van der Waals surface area contributed by atoms with Crippen molar-refractivity contribution in [3.63, 3.8) is 0 Å². The van der Waals surface area contributed by atoms with Crippen molar-refractivity contribution < 1.29 is 4.74 Å². The molecule has 106 valence electrons. The van der Waals surface area contributed by atoms with Gasteiger partial charge in [-0.2, -0.15) is 0 Å². The van der Waals surface area contributed by atoms with Crippen molar-refractivity contribution in [3.05, 3.63) is 78.2 Å². The van der Waals surface area contributed by atoms with Crippen LogP contribution in [0.4, 0.5) is 0 Å². The van der Waals surface area contributed by atoms with Crippen LogP contribution in [0.25, 0.3) is 0 Å². The predicted molar refractivity (Wildman–Crippen MR) is 83.2 cm³/mol. The lowest BCUT2D eigenvalue weighted by atomic mass is 10.3. The Morgan fingerprint density at radius 1 is 0.952 bits per heavy atom. The van der Waals surface area contributed by atoms with Gasteiger partial charge >= 0.3 is 0 Å². The molecule has 0 fully saturated rings. The first kappa shape index (κ1) is 16.3. The number of H-pyrrole nitrogens is 1. The van der Waals surface area contributed by atoms with Crippen LogP contribution in [0.2, 0.25) is 5.02 Å². The van der Waals surface area contributed by atoms with Crippen molar-refractivity contribution in [3.8, 4) is 18.2 Å². The van der Waals surface area contributed by atoms with Gasteiger partial charge in [0.2, 0.25) is 0 Å². The van der Waals surface area contributed by atoms with E-state index in [0.717, 1.165) is 11.6 Å². The molecule has 0 saturated heterocycles. The van der Waals surface area contributed by atoms with E-state index in [0.29, 0.717) is 5.02 Å². The number of rotatable bonds is 2. The third-order valence-corrected chi connectivity index (χ3v) is 2.43. The number of ether oxygens (including phenoxy) is 1. The number of pyridine rings is 1. The van der Waals surface area contributed by atoms with Gasteiger partial charge in [0.1, 0.15) is 5.75 Å². The molecule has 2 heterocycles. The van der Waals surface area contributed by atoms with E-state index in [-0.39, 0.29) is 0 Å². The minimum Gasteiger partial charge on any atom is -0.441 e. The van der Waals surface area contributed by atoms with Gasteiger partial charge < -0.3 is 9.72 Å². The van der Waals surface area contributed by atoms with Gasteiger partial charge in [-0.05, 0) is 42.5 Å². The molecule has 5 heteroatoms. The van der Waals surface area contributed by atoms with Crippen LogP contribution in [0.5, 0.6) is 11.6 Å². The molecule has 3 aromatic rings. The van der Waals surface area contributed by atoms with Gasteiger partial charge in [-0.3, -0.25) is 4.98 Å². The number of nitriles is 1. The number of nitrogens with one attached hydrogen (secondary N) is 1. The lowest BCUT2D eigenvalue weighted by Crippen LogP contribution is -1.82. The summed E-state index contributed by atoms with van der Waals surface area (Å²) in [4.78, 5) is 6.73. The molecule has 3 rings (SSSR count). The van der Waals surface area contributed by atoms with Gasteiger partial charge in [0.25, 0.3) is 0 Å². The van der Waals surface area contributed by atoms with Gasteiger partial charge in [0.05, 0.1) is 0 Å². The zero-order valence-corrected chi connectivity index (χ0v) is 11.9. The lowest BCUT2D eigenvalue weighted by molar-refractivity contribution is 0.466. The number of aromatic amines is 1. The van der Waals surface area contributed by atoms with Crippen LogP contribution in [-0.4, -0.2) is 9.97 Å². The van der Waals surface area contributed by atoms with E-state index in [1.807, 2.05) is 48.7 Å². The third kappa shape index (κ3) is 6.81. The molecule has 0 aliphatic rings. The summed E-state index contributed by atoms with van der Waals surface area (Å²) >= 11 is 5.73. The van der Waals surface area contributed by atoms with Gasteiger partial charge in [0.15, 0.2) is 5.88 Å². The van der Waals surface area contributed by atoms with E-state index in [1.165, 1.54) is 0 Å². The maximum atomic E-state index is 6.50. The molecule has 1 aromatic carbocycles. The van der Waals surface area contributed by atoms with E-state index in [2.05, 4.69) is 16.5 Å². The van der Waals surface area contributed by atoms with Crippen LogP contribution in [0.15, 0.2) is 73.2 Å². The Balaban J connectivity index is 0.000000231. The maximum Gasteiger partial charge on any atom is 0.197 e. The monoisotopic (exact) mass is 299 g/mol. The highest BCUT2D eigenvalue weighted by Crippen LogP contribution is 2.20. The molecular formula is C16H14ClN3O. The molecule has 4 nitrogen and oxygen atoms in total. The summed E-state index contributed by atoms with van der Waals surface area (Å²) < 4.78 is 5.46. The van der Waals surface area contributed by atoms with Crippen molar-refractivity contribution in [1.29, 1.82) is 5.26 Å². The molecule has 0 aliphatic heterocycles. The lowest BCUT2D eigenvalue weighted by Gasteiger charge is -2.01. The highest BCUT2D eigenvalue weighted by atomic mass is 35.5.